The number of carbonyl (C=O) groups is 2. The zero-order valence-electron chi connectivity index (χ0n) is 26.2. The number of alkyl carbamates (subject to hydrolysis) is 1. The molecule has 2 aromatic heterocycles. The van der Waals surface area contributed by atoms with Gasteiger partial charge in [0.25, 0.3) is 0 Å². The Morgan fingerprint density at radius 3 is 2.43 bits per heavy atom. The summed E-state index contributed by atoms with van der Waals surface area (Å²) in [5, 5.41) is 7.13. The number of nitrogens with zero attached hydrogens (tertiary/aromatic N) is 4. The van der Waals surface area contributed by atoms with Crippen LogP contribution in [0.1, 0.15) is 87.6 Å². The number of hydrogen-bond acceptors (Lipinski definition) is 6. The van der Waals surface area contributed by atoms with Gasteiger partial charge in [-0.15, -0.1) is 0 Å². The first-order valence-corrected chi connectivity index (χ1v) is 16.3. The van der Waals surface area contributed by atoms with Gasteiger partial charge in [-0.05, 0) is 107 Å². The van der Waals surface area contributed by atoms with Crippen molar-refractivity contribution in [3.8, 4) is 16.9 Å². The maximum Gasteiger partial charge on any atom is 0.407 e. The second-order valence-corrected chi connectivity index (χ2v) is 12.8. The number of amides is 2. The molecule has 9 nitrogen and oxygen atoms in total. The molecule has 3 aliphatic rings. The fraction of sp³-hybridized carbons (Fsp3) is 0.543. The van der Waals surface area contributed by atoms with Crippen molar-refractivity contribution in [2.45, 2.75) is 89.2 Å². The lowest BCUT2D eigenvalue weighted by molar-refractivity contribution is -0.124. The fourth-order valence-corrected chi connectivity index (χ4v) is 6.97. The van der Waals surface area contributed by atoms with Crippen LogP contribution < -0.4 is 15.0 Å². The molecular formula is C35H45N5O4. The minimum atomic E-state index is -0.404. The highest BCUT2D eigenvalue weighted by Gasteiger charge is 2.34. The minimum Gasteiger partial charge on any atom is -0.495 e. The molecule has 3 aromatic rings. The molecule has 0 unspecified atom stereocenters. The van der Waals surface area contributed by atoms with Crippen LogP contribution in [0, 0.1) is 18.8 Å². The van der Waals surface area contributed by atoms with Crippen LogP contribution in [0.25, 0.3) is 11.1 Å². The molecule has 0 atom stereocenters. The van der Waals surface area contributed by atoms with Gasteiger partial charge < -0.3 is 19.7 Å². The molecule has 234 valence electrons. The molecule has 0 radical (unpaired) electrons. The molecule has 3 aliphatic carbocycles. The van der Waals surface area contributed by atoms with E-state index in [1.54, 1.807) is 14.2 Å². The van der Waals surface area contributed by atoms with Gasteiger partial charge in [0.05, 0.1) is 25.0 Å². The number of benzene rings is 1. The second kappa shape index (κ2) is 13.4. The number of carbonyl (C=O) groups excluding carboxylic acids is 2. The highest BCUT2D eigenvalue weighted by molar-refractivity contribution is 5.95. The third kappa shape index (κ3) is 6.92. The first-order valence-electron chi connectivity index (χ1n) is 16.3. The Balaban J connectivity index is 1.17. The van der Waals surface area contributed by atoms with Gasteiger partial charge in [0, 0.05) is 48.6 Å². The number of pyridine rings is 1. The first-order chi connectivity index (χ1) is 21.4. The number of hydrogen-bond donors (Lipinski definition) is 1. The van der Waals surface area contributed by atoms with E-state index in [2.05, 4.69) is 56.5 Å². The Bertz CT molecular complexity index is 1450. The highest BCUT2D eigenvalue weighted by atomic mass is 16.6. The van der Waals surface area contributed by atoms with Crippen molar-refractivity contribution in [2.24, 2.45) is 11.8 Å². The number of ether oxygens (including phenoxy) is 2. The van der Waals surface area contributed by atoms with Crippen LogP contribution in [0.5, 0.6) is 5.75 Å². The molecular weight excluding hydrogens is 554 g/mol. The summed E-state index contributed by atoms with van der Waals surface area (Å²) in [4.78, 5) is 32.9. The van der Waals surface area contributed by atoms with Gasteiger partial charge in [0.15, 0.2) is 0 Å². The minimum absolute atomic E-state index is 0.0800. The van der Waals surface area contributed by atoms with E-state index in [1.807, 2.05) is 19.2 Å². The van der Waals surface area contributed by atoms with Crippen molar-refractivity contribution >= 4 is 17.7 Å². The number of aryl methyl sites for hydroxylation is 1. The average molecular weight is 600 g/mol. The maximum absolute atomic E-state index is 14.3. The summed E-state index contributed by atoms with van der Waals surface area (Å²) in [5.41, 5.74) is 5.19. The monoisotopic (exact) mass is 599 g/mol. The molecule has 2 heterocycles. The predicted octanol–water partition coefficient (Wildman–Crippen LogP) is 6.82. The van der Waals surface area contributed by atoms with Crippen molar-refractivity contribution in [1.82, 2.24) is 20.1 Å². The number of aromatic nitrogens is 3. The van der Waals surface area contributed by atoms with Gasteiger partial charge in [0.2, 0.25) is 5.91 Å². The van der Waals surface area contributed by atoms with Gasteiger partial charge in [-0.2, -0.15) is 5.10 Å². The number of nitrogens with one attached hydrogen (secondary N) is 1. The zero-order chi connectivity index (χ0) is 30.6. The van der Waals surface area contributed by atoms with Crippen LogP contribution in [-0.2, 0) is 9.53 Å². The molecule has 3 saturated carbocycles. The average Bonchev–Trinajstić information content (AvgIpc) is 3.79. The van der Waals surface area contributed by atoms with E-state index in [4.69, 9.17) is 14.5 Å². The number of anilines is 1. The third-order valence-electron chi connectivity index (χ3n) is 9.77. The van der Waals surface area contributed by atoms with E-state index in [1.165, 1.54) is 12.8 Å². The maximum atomic E-state index is 14.3. The van der Waals surface area contributed by atoms with Crippen LogP contribution in [0.2, 0.25) is 0 Å². The van der Waals surface area contributed by atoms with Crippen molar-refractivity contribution in [1.29, 1.82) is 0 Å². The normalized spacial score (nSPS) is 23.5. The van der Waals surface area contributed by atoms with Crippen molar-refractivity contribution in [3.63, 3.8) is 0 Å². The highest BCUT2D eigenvalue weighted by Crippen LogP contribution is 2.39. The quantitative estimate of drug-likeness (QED) is 0.290. The van der Waals surface area contributed by atoms with Crippen LogP contribution in [0.3, 0.4) is 0 Å². The molecule has 44 heavy (non-hydrogen) atoms. The molecule has 2 amide bonds. The zero-order valence-corrected chi connectivity index (χ0v) is 26.2. The Kier molecular flexibility index (Phi) is 9.19. The lowest BCUT2D eigenvalue weighted by atomic mass is 9.79. The van der Waals surface area contributed by atoms with Gasteiger partial charge >= 0.3 is 6.09 Å². The lowest BCUT2D eigenvalue weighted by Gasteiger charge is -2.36. The van der Waals surface area contributed by atoms with Gasteiger partial charge in [0.1, 0.15) is 11.9 Å². The Labute approximate surface area is 260 Å². The van der Waals surface area contributed by atoms with Crippen molar-refractivity contribution in [3.05, 3.63) is 60.2 Å². The van der Waals surface area contributed by atoms with E-state index in [9.17, 15) is 9.59 Å². The molecule has 0 aliphatic heterocycles. The van der Waals surface area contributed by atoms with Gasteiger partial charge in [-0.3, -0.25) is 14.5 Å². The van der Waals surface area contributed by atoms with Gasteiger partial charge in [-0.1, -0.05) is 12.1 Å². The Morgan fingerprint density at radius 1 is 0.977 bits per heavy atom. The van der Waals surface area contributed by atoms with Crippen LogP contribution in [0.4, 0.5) is 10.5 Å². The first kappa shape index (κ1) is 30.2. The van der Waals surface area contributed by atoms with E-state index < -0.39 is 6.09 Å². The summed E-state index contributed by atoms with van der Waals surface area (Å²) < 4.78 is 13.0. The molecule has 0 spiro atoms. The molecule has 0 saturated heterocycles. The van der Waals surface area contributed by atoms with E-state index in [0.717, 1.165) is 72.5 Å². The third-order valence-corrected chi connectivity index (χ3v) is 9.77. The molecule has 3 fully saturated rings. The summed E-state index contributed by atoms with van der Waals surface area (Å²) in [6.45, 7) is 2.71. The molecule has 6 rings (SSSR count). The van der Waals surface area contributed by atoms with E-state index >= 15 is 0 Å². The van der Waals surface area contributed by atoms with Crippen LogP contribution >= 0.6 is 0 Å². The van der Waals surface area contributed by atoms with Crippen molar-refractivity contribution in [2.75, 3.05) is 25.6 Å². The summed E-state index contributed by atoms with van der Waals surface area (Å²) in [6.07, 6.45) is 13.0. The predicted molar refractivity (Wildman–Crippen MR) is 170 cm³/mol. The number of rotatable bonds is 9. The Hall–Kier alpha value is -3.88. The molecule has 9 heteroatoms. The van der Waals surface area contributed by atoms with E-state index in [-0.39, 0.29) is 17.9 Å². The van der Waals surface area contributed by atoms with Crippen LogP contribution in [-0.4, -0.2) is 53.6 Å². The second-order valence-electron chi connectivity index (χ2n) is 12.8. The lowest BCUT2D eigenvalue weighted by Crippen LogP contribution is -2.42. The Morgan fingerprint density at radius 2 is 1.75 bits per heavy atom. The molecule has 0 bridgehead atoms. The van der Waals surface area contributed by atoms with E-state index in [0.29, 0.717) is 37.3 Å². The molecule has 1 aromatic carbocycles. The largest absolute Gasteiger partial charge is 0.495 e. The summed E-state index contributed by atoms with van der Waals surface area (Å²) in [6, 6.07) is 13.1. The summed E-state index contributed by atoms with van der Waals surface area (Å²) >= 11 is 0. The molecule has 1 N–H and O–H groups in total. The summed E-state index contributed by atoms with van der Waals surface area (Å²) in [7, 11) is 3.26. The van der Waals surface area contributed by atoms with Crippen LogP contribution in [0.15, 0.2) is 48.8 Å². The fourth-order valence-electron chi connectivity index (χ4n) is 6.97. The smallest absolute Gasteiger partial charge is 0.407 e. The summed E-state index contributed by atoms with van der Waals surface area (Å²) in [5.74, 6) is 1.78. The topological polar surface area (TPSA) is 98.6 Å². The SMILES string of the molecule is CNC(=O)O[C@H]1CC[C@H](C(=O)N(C[C@H]2CC[C@H](c3ccc(OC)c(C)n3)CC2)c2cccc(-c3cnn(C4CC4)c3)c2)CC1. The van der Waals surface area contributed by atoms with Crippen molar-refractivity contribution < 1.29 is 19.1 Å². The number of methoxy groups -OCH3 is 1. The standard InChI is InChI=1S/C35H45N5O4/c1-23-33(43-3)18-17-32(38-23)25-9-7-24(8-10-25)21-39(34(41)26-11-15-31(16-12-26)44-35(42)36-2)30-6-4-5-27(19-30)28-20-37-40(22-28)29-13-14-29/h4-6,17-20,22,24-26,29,31H,7-16,21H2,1-3H3,(H,36,42)/t24-,25-,26-,31-. The van der Waals surface area contributed by atoms with Gasteiger partial charge in [-0.25, -0.2) is 4.79 Å².